The highest BCUT2D eigenvalue weighted by molar-refractivity contribution is 5.87. The molecule has 0 aliphatic carbocycles. The highest BCUT2D eigenvalue weighted by Crippen LogP contribution is 2.23. The first-order valence-electron chi connectivity index (χ1n) is 7.02. The van der Waals surface area contributed by atoms with Gasteiger partial charge in [0, 0.05) is 33.6 Å². The average Bonchev–Trinajstić information content (AvgIpc) is 2.97. The lowest BCUT2D eigenvalue weighted by atomic mass is 10.3. The second-order valence-corrected chi connectivity index (χ2v) is 4.77. The fourth-order valence-corrected chi connectivity index (χ4v) is 1.93. The van der Waals surface area contributed by atoms with Gasteiger partial charge in [0.15, 0.2) is 5.65 Å². The van der Waals surface area contributed by atoms with Crippen molar-refractivity contribution in [3.05, 3.63) is 6.20 Å². The number of fused-ring (bicyclic) bond motifs is 1. The van der Waals surface area contributed by atoms with Crippen LogP contribution >= 0.6 is 0 Å². The van der Waals surface area contributed by atoms with E-state index in [9.17, 15) is 4.79 Å². The first kappa shape index (κ1) is 15.0. The van der Waals surface area contributed by atoms with Gasteiger partial charge < -0.3 is 15.5 Å². The first-order valence-corrected chi connectivity index (χ1v) is 7.02. The zero-order valence-corrected chi connectivity index (χ0v) is 12.6. The topological polar surface area (TPSA) is 98.8 Å². The maximum absolute atomic E-state index is 11.4. The highest BCUT2D eigenvalue weighted by atomic mass is 16.1. The van der Waals surface area contributed by atoms with Crippen LogP contribution in [0.1, 0.15) is 19.8 Å². The molecule has 0 aliphatic rings. The van der Waals surface area contributed by atoms with Gasteiger partial charge in [0.05, 0.1) is 11.6 Å². The molecule has 8 heteroatoms. The third kappa shape index (κ3) is 3.59. The van der Waals surface area contributed by atoms with Crippen molar-refractivity contribution in [1.29, 1.82) is 0 Å². The van der Waals surface area contributed by atoms with Gasteiger partial charge in [-0.05, 0) is 6.42 Å². The van der Waals surface area contributed by atoms with Crippen molar-refractivity contribution in [2.75, 3.05) is 37.4 Å². The number of hydrogen-bond acceptors (Lipinski definition) is 6. The lowest BCUT2D eigenvalue weighted by molar-refractivity contribution is -0.120. The Morgan fingerprint density at radius 1 is 1.43 bits per heavy atom. The maximum Gasteiger partial charge on any atom is 0.226 e. The van der Waals surface area contributed by atoms with Crippen LogP contribution in [0.25, 0.3) is 11.0 Å². The van der Waals surface area contributed by atoms with E-state index >= 15 is 0 Å². The molecule has 8 nitrogen and oxygen atoms in total. The van der Waals surface area contributed by atoms with Crippen molar-refractivity contribution < 1.29 is 4.79 Å². The summed E-state index contributed by atoms with van der Waals surface area (Å²) in [5.74, 6) is 1.33. The number of nitrogens with one attached hydrogen (secondary N) is 3. The lowest BCUT2D eigenvalue weighted by Gasteiger charge is -2.19. The largest absolute Gasteiger partial charge is 0.359 e. The quantitative estimate of drug-likeness (QED) is 0.696. The molecule has 21 heavy (non-hydrogen) atoms. The Balaban J connectivity index is 2.23. The van der Waals surface area contributed by atoms with Crippen LogP contribution in [0, 0.1) is 0 Å². The standard InChI is InChI=1S/C13H21N7O/c1-4-6-15-13-17-11-9(8-16-19-11)12(18-13)20(3)7-5-10(21)14-2/h8H,4-7H2,1-3H3,(H,14,21)(H2,15,16,17,18,19). The minimum atomic E-state index is 0.00340. The third-order valence-electron chi connectivity index (χ3n) is 3.14. The second-order valence-electron chi connectivity index (χ2n) is 4.77. The summed E-state index contributed by atoms with van der Waals surface area (Å²) in [5, 5.41) is 13.5. The molecule has 0 unspecified atom stereocenters. The minimum Gasteiger partial charge on any atom is -0.359 e. The molecule has 0 fully saturated rings. The number of nitrogens with zero attached hydrogens (tertiary/aromatic N) is 4. The molecule has 2 aromatic heterocycles. The molecule has 0 aromatic carbocycles. The SMILES string of the molecule is CCCNc1nc(N(C)CCC(=O)NC)c2cn[nH]c2n1. The highest BCUT2D eigenvalue weighted by Gasteiger charge is 2.13. The molecule has 114 valence electrons. The summed E-state index contributed by atoms with van der Waals surface area (Å²) in [6.07, 6.45) is 3.10. The van der Waals surface area contributed by atoms with Gasteiger partial charge in [0.1, 0.15) is 5.82 Å². The fourth-order valence-electron chi connectivity index (χ4n) is 1.93. The fraction of sp³-hybridized carbons (Fsp3) is 0.538. The molecule has 2 aromatic rings. The molecule has 3 N–H and O–H groups in total. The van der Waals surface area contributed by atoms with E-state index in [-0.39, 0.29) is 5.91 Å². The summed E-state index contributed by atoms with van der Waals surface area (Å²) in [7, 11) is 3.54. The summed E-state index contributed by atoms with van der Waals surface area (Å²) in [6, 6.07) is 0. The number of anilines is 2. The van der Waals surface area contributed by atoms with E-state index in [1.807, 2.05) is 11.9 Å². The van der Waals surface area contributed by atoms with Gasteiger partial charge in [-0.15, -0.1) is 0 Å². The van der Waals surface area contributed by atoms with Crippen molar-refractivity contribution in [3.63, 3.8) is 0 Å². The Kier molecular flexibility index (Phi) is 4.91. The number of aromatic amines is 1. The molecule has 1 amide bonds. The minimum absolute atomic E-state index is 0.00340. The van der Waals surface area contributed by atoms with Gasteiger partial charge in [-0.2, -0.15) is 15.1 Å². The molecular weight excluding hydrogens is 270 g/mol. The van der Waals surface area contributed by atoms with Gasteiger partial charge in [0.2, 0.25) is 11.9 Å². The summed E-state index contributed by atoms with van der Waals surface area (Å²) in [5.41, 5.74) is 0.686. The molecule has 0 bridgehead atoms. The number of hydrogen-bond donors (Lipinski definition) is 3. The Labute approximate surface area is 123 Å². The van der Waals surface area contributed by atoms with Gasteiger partial charge in [0.25, 0.3) is 0 Å². The van der Waals surface area contributed by atoms with Crippen LogP contribution in [0.15, 0.2) is 6.20 Å². The van der Waals surface area contributed by atoms with Crippen LogP contribution in [0.2, 0.25) is 0 Å². The van der Waals surface area contributed by atoms with E-state index in [4.69, 9.17) is 0 Å². The molecule has 0 radical (unpaired) electrons. The van der Waals surface area contributed by atoms with E-state index in [0.29, 0.717) is 24.6 Å². The second kappa shape index (κ2) is 6.87. The number of aromatic nitrogens is 4. The zero-order chi connectivity index (χ0) is 15.2. The molecule has 0 aliphatic heterocycles. The predicted molar refractivity (Wildman–Crippen MR) is 82.4 cm³/mol. The van der Waals surface area contributed by atoms with Crippen molar-refractivity contribution in [1.82, 2.24) is 25.5 Å². The molecule has 0 spiro atoms. The Bertz CT molecular complexity index is 610. The third-order valence-corrected chi connectivity index (χ3v) is 3.14. The van der Waals surface area contributed by atoms with Gasteiger partial charge >= 0.3 is 0 Å². The average molecular weight is 291 g/mol. The van der Waals surface area contributed by atoms with E-state index < -0.39 is 0 Å². The summed E-state index contributed by atoms with van der Waals surface area (Å²) in [6.45, 7) is 3.46. The van der Waals surface area contributed by atoms with Crippen molar-refractivity contribution >= 4 is 28.7 Å². The molecule has 2 heterocycles. The predicted octanol–water partition coefficient (Wildman–Crippen LogP) is 0.747. The van der Waals surface area contributed by atoms with E-state index in [0.717, 1.165) is 24.2 Å². The number of amides is 1. The Morgan fingerprint density at radius 3 is 2.95 bits per heavy atom. The number of carbonyl (C=O) groups is 1. The summed E-state index contributed by atoms with van der Waals surface area (Å²) >= 11 is 0. The molecular formula is C13H21N7O. The number of carbonyl (C=O) groups excluding carboxylic acids is 1. The van der Waals surface area contributed by atoms with Crippen molar-refractivity contribution in [2.24, 2.45) is 0 Å². The van der Waals surface area contributed by atoms with Crippen molar-refractivity contribution in [3.8, 4) is 0 Å². The van der Waals surface area contributed by atoms with Gasteiger partial charge in [-0.3, -0.25) is 9.89 Å². The van der Waals surface area contributed by atoms with Gasteiger partial charge in [-0.1, -0.05) is 6.92 Å². The summed E-state index contributed by atoms with van der Waals surface area (Å²) in [4.78, 5) is 22.2. The zero-order valence-electron chi connectivity index (χ0n) is 12.6. The molecule has 0 atom stereocenters. The Hall–Kier alpha value is -2.38. The van der Waals surface area contributed by atoms with Crippen LogP contribution in [-0.2, 0) is 4.79 Å². The van der Waals surface area contributed by atoms with E-state index in [1.165, 1.54) is 0 Å². The smallest absolute Gasteiger partial charge is 0.226 e. The number of H-pyrrole nitrogens is 1. The van der Waals surface area contributed by atoms with E-state index in [1.54, 1.807) is 13.2 Å². The van der Waals surface area contributed by atoms with Crippen LogP contribution < -0.4 is 15.5 Å². The molecule has 0 saturated carbocycles. The van der Waals surface area contributed by atoms with Crippen molar-refractivity contribution in [2.45, 2.75) is 19.8 Å². The maximum atomic E-state index is 11.4. The van der Waals surface area contributed by atoms with Crippen LogP contribution in [0.4, 0.5) is 11.8 Å². The van der Waals surface area contributed by atoms with Crippen LogP contribution in [0.5, 0.6) is 0 Å². The Morgan fingerprint density at radius 2 is 2.24 bits per heavy atom. The first-order chi connectivity index (χ1) is 10.2. The molecule has 2 rings (SSSR count). The normalized spacial score (nSPS) is 10.6. The monoisotopic (exact) mass is 291 g/mol. The summed E-state index contributed by atoms with van der Waals surface area (Å²) < 4.78 is 0. The number of rotatable bonds is 7. The van der Waals surface area contributed by atoms with E-state index in [2.05, 4.69) is 37.7 Å². The molecule has 0 saturated heterocycles. The van der Waals surface area contributed by atoms with Gasteiger partial charge in [-0.25, -0.2) is 0 Å². The van der Waals surface area contributed by atoms with Crippen LogP contribution in [0.3, 0.4) is 0 Å². The lowest BCUT2D eigenvalue weighted by Crippen LogP contribution is -2.27. The van der Waals surface area contributed by atoms with Crippen LogP contribution in [-0.4, -0.2) is 53.3 Å².